The van der Waals surface area contributed by atoms with Gasteiger partial charge in [-0.25, -0.2) is 9.18 Å². The van der Waals surface area contributed by atoms with Crippen molar-refractivity contribution < 1.29 is 14.3 Å². The summed E-state index contributed by atoms with van der Waals surface area (Å²) in [5, 5.41) is 8.74. The third kappa shape index (κ3) is 2.45. The Morgan fingerprint density at radius 2 is 2.31 bits per heavy atom. The summed E-state index contributed by atoms with van der Waals surface area (Å²) < 4.78 is 12.7. The van der Waals surface area contributed by atoms with Crippen molar-refractivity contribution in [3.05, 3.63) is 29.6 Å². The Morgan fingerprint density at radius 3 is 2.85 bits per heavy atom. The first-order chi connectivity index (χ1) is 6.15. The average molecular weight is 200 g/mol. The topological polar surface area (TPSA) is 37.3 Å². The predicted molar refractivity (Wildman–Crippen MR) is 49.8 cm³/mol. The molecule has 0 bridgehead atoms. The highest BCUT2D eigenvalue weighted by molar-refractivity contribution is 7.99. The minimum Gasteiger partial charge on any atom is -0.478 e. The minimum atomic E-state index is -1.09. The normalized spacial score (nSPS) is 10.0. The lowest BCUT2D eigenvalue weighted by molar-refractivity contribution is 0.0692. The molecule has 2 nitrogen and oxygen atoms in total. The molecule has 0 aliphatic heterocycles. The van der Waals surface area contributed by atoms with Crippen LogP contribution in [0.1, 0.15) is 17.3 Å². The van der Waals surface area contributed by atoms with E-state index in [4.69, 9.17) is 5.11 Å². The van der Waals surface area contributed by atoms with Gasteiger partial charge < -0.3 is 5.11 Å². The number of hydrogen-bond acceptors (Lipinski definition) is 2. The summed E-state index contributed by atoms with van der Waals surface area (Å²) in [6.07, 6.45) is 0. The fourth-order valence-electron chi connectivity index (χ4n) is 0.951. The third-order valence-corrected chi connectivity index (χ3v) is 2.43. The summed E-state index contributed by atoms with van der Waals surface area (Å²) in [4.78, 5) is 11.3. The van der Waals surface area contributed by atoms with E-state index in [1.54, 1.807) is 0 Å². The van der Waals surface area contributed by atoms with Crippen LogP contribution in [0.15, 0.2) is 23.1 Å². The maximum absolute atomic E-state index is 12.7. The molecule has 1 aromatic rings. The first kappa shape index (κ1) is 10.1. The molecule has 13 heavy (non-hydrogen) atoms. The van der Waals surface area contributed by atoms with Crippen LogP contribution in [-0.2, 0) is 0 Å². The van der Waals surface area contributed by atoms with E-state index in [1.807, 2.05) is 6.92 Å². The van der Waals surface area contributed by atoms with E-state index in [2.05, 4.69) is 0 Å². The number of thioether (sulfide) groups is 1. The van der Waals surface area contributed by atoms with E-state index in [0.29, 0.717) is 4.90 Å². The standard InChI is InChI=1S/C9H9FO2S/c1-2-13-8-4-3-6(10)5-7(8)9(11)12/h3-5H,2H2,1H3,(H,11,12). The zero-order valence-corrected chi connectivity index (χ0v) is 7.90. The monoisotopic (exact) mass is 200 g/mol. The maximum Gasteiger partial charge on any atom is 0.336 e. The molecule has 0 saturated carbocycles. The number of rotatable bonds is 3. The SMILES string of the molecule is CCSc1ccc(F)cc1C(=O)O. The molecule has 0 spiro atoms. The van der Waals surface area contributed by atoms with Crippen molar-refractivity contribution in [2.24, 2.45) is 0 Å². The Bertz CT molecular complexity index is 325. The van der Waals surface area contributed by atoms with Gasteiger partial charge in [0.2, 0.25) is 0 Å². The largest absolute Gasteiger partial charge is 0.478 e. The van der Waals surface area contributed by atoms with Crippen LogP contribution in [0, 0.1) is 5.82 Å². The smallest absolute Gasteiger partial charge is 0.336 e. The van der Waals surface area contributed by atoms with Crippen molar-refractivity contribution in [3.8, 4) is 0 Å². The van der Waals surface area contributed by atoms with Gasteiger partial charge in [0.25, 0.3) is 0 Å². The molecular weight excluding hydrogens is 191 g/mol. The number of hydrogen-bond donors (Lipinski definition) is 1. The highest BCUT2D eigenvalue weighted by Gasteiger charge is 2.10. The summed E-state index contributed by atoms with van der Waals surface area (Å²) in [7, 11) is 0. The van der Waals surface area contributed by atoms with Gasteiger partial charge in [0.05, 0.1) is 5.56 Å². The van der Waals surface area contributed by atoms with Gasteiger partial charge in [0.15, 0.2) is 0 Å². The predicted octanol–water partition coefficient (Wildman–Crippen LogP) is 2.64. The number of carboxylic acid groups (broad SMARTS) is 1. The molecule has 0 aliphatic rings. The summed E-state index contributed by atoms with van der Waals surface area (Å²) in [6, 6.07) is 3.80. The molecule has 0 aliphatic carbocycles. The second kappa shape index (κ2) is 4.28. The Morgan fingerprint density at radius 1 is 1.62 bits per heavy atom. The van der Waals surface area contributed by atoms with Crippen molar-refractivity contribution in [1.82, 2.24) is 0 Å². The van der Waals surface area contributed by atoms with Crippen LogP contribution >= 0.6 is 11.8 Å². The van der Waals surface area contributed by atoms with Crippen LogP contribution in [0.2, 0.25) is 0 Å². The molecule has 4 heteroatoms. The second-order valence-electron chi connectivity index (χ2n) is 2.38. The molecule has 1 rings (SSSR count). The molecule has 0 aromatic heterocycles. The van der Waals surface area contributed by atoms with E-state index in [9.17, 15) is 9.18 Å². The lowest BCUT2D eigenvalue weighted by atomic mass is 10.2. The van der Waals surface area contributed by atoms with E-state index in [-0.39, 0.29) is 5.56 Å². The number of aromatic carboxylic acids is 1. The lowest BCUT2D eigenvalue weighted by Crippen LogP contribution is -1.99. The summed E-state index contributed by atoms with van der Waals surface area (Å²) >= 11 is 1.39. The zero-order valence-electron chi connectivity index (χ0n) is 7.08. The molecular formula is C9H9FO2S. The molecule has 0 unspecified atom stereocenters. The number of halogens is 1. The molecule has 0 saturated heterocycles. The first-order valence-electron chi connectivity index (χ1n) is 3.80. The lowest BCUT2D eigenvalue weighted by Gasteiger charge is -2.03. The van der Waals surface area contributed by atoms with Gasteiger partial charge in [-0.3, -0.25) is 0 Å². The Hall–Kier alpha value is -1.03. The van der Waals surface area contributed by atoms with Crippen molar-refractivity contribution >= 4 is 17.7 Å². The molecule has 0 fully saturated rings. The van der Waals surface area contributed by atoms with E-state index >= 15 is 0 Å². The van der Waals surface area contributed by atoms with Gasteiger partial charge in [-0.05, 0) is 24.0 Å². The van der Waals surface area contributed by atoms with E-state index in [1.165, 1.54) is 23.9 Å². The molecule has 1 aromatic carbocycles. The fraction of sp³-hybridized carbons (Fsp3) is 0.222. The summed E-state index contributed by atoms with van der Waals surface area (Å²) in [5.74, 6) is -0.834. The van der Waals surface area contributed by atoms with Crippen LogP contribution in [0.3, 0.4) is 0 Å². The van der Waals surface area contributed by atoms with Gasteiger partial charge in [0, 0.05) is 4.90 Å². The molecule has 70 valence electrons. The third-order valence-electron chi connectivity index (χ3n) is 1.47. The van der Waals surface area contributed by atoms with Crippen molar-refractivity contribution in [3.63, 3.8) is 0 Å². The molecule has 0 atom stereocenters. The van der Waals surface area contributed by atoms with Gasteiger partial charge in [0.1, 0.15) is 5.82 Å². The van der Waals surface area contributed by atoms with E-state index in [0.717, 1.165) is 11.8 Å². The highest BCUT2D eigenvalue weighted by Crippen LogP contribution is 2.23. The average Bonchev–Trinajstić information content (AvgIpc) is 2.08. The Kier molecular flexibility index (Phi) is 3.31. The molecule has 0 amide bonds. The number of benzene rings is 1. The van der Waals surface area contributed by atoms with Crippen LogP contribution in [0.5, 0.6) is 0 Å². The Balaban J connectivity index is 3.10. The van der Waals surface area contributed by atoms with Gasteiger partial charge in [-0.15, -0.1) is 11.8 Å². The van der Waals surface area contributed by atoms with Crippen LogP contribution < -0.4 is 0 Å². The maximum atomic E-state index is 12.7. The molecule has 0 heterocycles. The fourth-order valence-corrected chi connectivity index (χ4v) is 1.73. The first-order valence-corrected chi connectivity index (χ1v) is 4.79. The molecule has 1 N–H and O–H groups in total. The van der Waals surface area contributed by atoms with Crippen molar-refractivity contribution in [2.45, 2.75) is 11.8 Å². The minimum absolute atomic E-state index is 0.0341. The van der Waals surface area contributed by atoms with Crippen LogP contribution in [-0.4, -0.2) is 16.8 Å². The zero-order chi connectivity index (χ0) is 9.84. The van der Waals surface area contributed by atoms with Gasteiger partial charge in [-0.1, -0.05) is 6.92 Å². The number of carbonyl (C=O) groups is 1. The van der Waals surface area contributed by atoms with Crippen molar-refractivity contribution in [1.29, 1.82) is 0 Å². The quantitative estimate of drug-likeness (QED) is 0.762. The van der Waals surface area contributed by atoms with Crippen LogP contribution in [0.4, 0.5) is 4.39 Å². The summed E-state index contributed by atoms with van der Waals surface area (Å²) in [6.45, 7) is 1.92. The highest BCUT2D eigenvalue weighted by atomic mass is 32.2. The molecule has 0 radical (unpaired) electrons. The van der Waals surface area contributed by atoms with Gasteiger partial charge in [-0.2, -0.15) is 0 Å². The second-order valence-corrected chi connectivity index (χ2v) is 3.68. The summed E-state index contributed by atoms with van der Waals surface area (Å²) in [5.41, 5.74) is 0.0341. The number of carboxylic acids is 1. The Labute approximate surface area is 79.8 Å². The van der Waals surface area contributed by atoms with Crippen LogP contribution in [0.25, 0.3) is 0 Å². The van der Waals surface area contributed by atoms with E-state index < -0.39 is 11.8 Å². The van der Waals surface area contributed by atoms with Gasteiger partial charge >= 0.3 is 5.97 Å². The van der Waals surface area contributed by atoms with Crippen molar-refractivity contribution in [2.75, 3.05) is 5.75 Å².